The van der Waals surface area contributed by atoms with Gasteiger partial charge in [-0.05, 0) is 19.4 Å². The van der Waals surface area contributed by atoms with E-state index in [2.05, 4.69) is 28.7 Å². The van der Waals surface area contributed by atoms with Gasteiger partial charge in [0.2, 0.25) is 0 Å². The van der Waals surface area contributed by atoms with E-state index in [1.165, 1.54) is 37.8 Å². The zero-order valence-corrected chi connectivity index (χ0v) is 10.7. The van der Waals surface area contributed by atoms with Gasteiger partial charge in [0.05, 0.1) is 12.0 Å². The smallest absolute Gasteiger partial charge is 0.0948 e. The van der Waals surface area contributed by atoms with Gasteiger partial charge >= 0.3 is 0 Å². The summed E-state index contributed by atoms with van der Waals surface area (Å²) in [7, 11) is 0. The molecule has 0 amide bonds. The Morgan fingerprint density at radius 3 is 2.81 bits per heavy atom. The Bertz CT molecular complexity index is 268. The van der Waals surface area contributed by atoms with Gasteiger partial charge in [-0.25, -0.2) is 4.98 Å². The van der Waals surface area contributed by atoms with Crippen LogP contribution in [0.3, 0.4) is 0 Å². The summed E-state index contributed by atoms with van der Waals surface area (Å²) in [5.41, 5.74) is 1.30. The number of nitrogens with one attached hydrogen (secondary N) is 1. The van der Waals surface area contributed by atoms with E-state index >= 15 is 0 Å². The van der Waals surface area contributed by atoms with Crippen LogP contribution in [0.2, 0.25) is 0 Å². The second kappa shape index (κ2) is 8.34. The van der Waals surface area contributed by atoms with Gasteiger partial charge in [-0.1, -0.05) is 33.1 Å². The minimum Gasteiger partial charge on any atom is -0.333 e. The highest BCUT2D eigenvalue weighted by molar-refractivity contribution is 4.97. The first-order valence-electron chi connectivity index (χ1n) is 6.58. The van der Waals surface area contributed by atoms with Crippen molar-refractivity contribution in [3.8, 4) is 0 Å². The molecule has 0 saturated heterocycles. The van der Waals surface area contributed by atoms with Crippen molar-refractivity contribution in [2.75, 3.05) is 6.54 Å². The molecule has 1 N–H and O–H groups in total. The van der Waals surface area contributed by atoms with E-state index in [0.717, 1.165) is 19.6 Å². The molecule has 0 spiro atoms. The summed E-state index contributed by atoms with van der Waals surface area (Å²) in [6, 6.07) is 0. The number of hydrogen-bond donors (Lipinski definition) is 1. The summed E-state index contributed by atoms with van der Waals surface area (Å²) in [6.45, 7) is 7.59. The lowest BCUT2D eigenvalue weighted by atomic mass is 10.2. The van der Waals surface area contributed by atoms with Crippen LogP contribution in [0.1, 0.15) is 51.6 Å². The van der Waals surface area contributed by atoms with Crippen LogP contribution in [0.5, 0.6) is 0 Å². The normalized spacial score (nSPS) is 10.9. The van der Waals surface area contributed by atoms with Gasteiger partial charge in [0.1, 0.15) is 0 Å². The van der Waals surface area contributed by atoms with Gasteiger partial charge in [0.25, 0.3) is 0 Å². The molecule has 0 unspecified atom stereocenters. The van der Waals surface area contributed by atoms with Crippen LogP contribution >= 0.6 is 0 Å². The molecule has 0 aromatic carbocycles. The van der Waals surface area contributed by atoms with Gasteiger partial charge in [-0.3, -0.25) is 0 Å². The summed E-state index contributed by atoms with van der Waals surface area (Å²) in [5.74, 6) is 0. The Balaban J connectivity index is 2.13. The fourth-order valence-electron chi connectivity index (χ4n) is 1.83. The first kappa shape index (κ1) is 13.2. The van der Waals surface area contributed by atoms with E-state index in [9.17, 15) is 0 Å². The maximum Gasteiger partial charge on any atom is 0.0948 e. The van der Waals surface area contributed by atoms with E-state index in [1.54, 1.807) is 0 Å². The maximum atomic E-state index is 4.19. The van der Waals surface area contributed by atoms with Crippen molar-refractivity contribution in [1.29, 1.82) is 0 Å². The van der Waals surface area contributed by atoms with Crippen LogP contribution in [0.25, 0.3) is 0 Å². The molecule has 0 aliphatic carbocycles. The average Bonchev–Trinajstić information content (AvgIpc) is 2.72. The highest BCUT2D eigenvalue weighted by Crippen LogP contribution is 2.01. The van der Waals surface area contributed by atoms with Crippen molar-refractivity contribution in [1.82, 2.24) is 14.9 Å². The summed E-state index contributed by atoms with van der Waals surface area (Å²) in [4.78, 5) is 4.19. The van der Waals surface area contributed by atoms with Crippen molar-refractivity contribution < 1.29 is 0 Å². The van der Waals surface area contributed by atoms with Gasteiger partial charge < -0.3 is 9.88 Å². The van der Waals surface area contributed by atoms with E-state index in [1.807, 2.05) is 12.5 Å². The largest absolute Gasteiger partial charge is 0.333 e. The second-order valence-corrected chi connectivity index (χ2v) is 4.32. The molecule has 16 heavy (non-hydrogen) atoms. The molecule has 0 bridgehead atoms. The van der Waals surface area contributed by atoms with Crippen LogP contribution in [0.4, 0.5) is 0 Å². The van der Waals surface area contributed by atoms with Crippen LogP contribution in [-0.4, -0.2) is 16.1 Å². The Morgan fingerprint density at radius 1 is 1.19 bits per heavy atom. The van der Waals surface area contributed by atoms with Crippen molar-refractivity contribution in [3.05, 3.63) is 18.2 Å². The van der Waals surface area contributed by atoms with Crippen molar-refractivity contribution >= 4 is 0 Å². The fraction of sp³-hybridized carbons (Fsp3) is 0.769. The lowest BCUT2D eigenvalue weighted by molar-refractivity contribution is 0.569. The number of aromatic nitrogens is 2. The predicted molar refractivity (Wildman–Crippen MR) is 68.4 cm³/mol. The SMILES string of the molecule is CCCCCCNCc1cncn1CCC. The number of rotatable bonds is 9. The van der Waals surface area contributed by atoms with Crippen molar-refractivity contribution in [3.63, 3.8) is 0 Å². The van der Waals surface area contributed by atoms with Gasteiger partial charge in [0.15, 0.2) is 0 Å². The fourth-order valence-corrected chi connectivity index (χ4v) is 1.83. The third-order valence-corrected chi connectivity index (χ3v) is 2.78. The third kappa shape index (κ3) is 4.79. The molecule has 0 saturated carbocycles. The predicted octanol–water partition coefficient (Wildman–Crippen LogP) is 2.96. The molecule has 3 heteroatoms. The van der Waals surface area contributed by atoms with Crippen molar-refractivity contribution in [2.45, 2.75) is 59.0 Å². The minimum atomic E-state index is 0.951. The summed E-state index contributed by atoms with van der Waals surface area (Å²) >= 11 is 0. The Hall–Kier alpha value is -0.830. The zero-order chi connectivity index (χ0) is 11.6. The van der Waals surface area contributed by atoms with Crippen LogP contribution < -0.4 is 5.32 Å². The number of nitrogens with zero attached hydrogens (tertiary/aromatic N) is 2. The molecule has 0 aliphatic rings. The number of unbranched alkanes of at least 4 members (excludes halogenated alkanes) is 3. The van der Waals surface area contributed by atoms with E-state index in [0.29, 0.717) is 0 Å². The number of aryl methyl sites for hydroxylation is 1. The highest BCUT2D eigenvalue weighted by atomic mass is 15.1. The Morgan fingerprint density at radius 2 is 2.06 bits per heavy atom. The molecule has 3 nitrogen and oxygen atoms in total. The van der Waals surface area contributed by atoms with Crippen molar-refractivity contribution in [2.24, 2.45) is 0 Å². The van der Waals surface area contributed by atoms with E-state index in [4.69, 9.17) is 0 Å². The molecule has 0 radical (unpaired) electrons. The van der Waals surface area contributed by atoms with E-state index < -0.39 is 0 Å². The average molecular weight is 223 g/mol. The van der Waals surface area contributed by atoms with Gasteiger partial charge in [-0.2, -0.15) is 0 Å². The quantitative estimate of drug-likeness (QED) is 0.652. The topological polar surface area (TPSA) is 29.9 Å². The molecule has 0 aliphatic heterocycles. The second-order valence-electron chi connectivity index (χ2n) is 4.32. The molecule has 1 heterocycles. The third-order valence-electron chi connectivity index (χ3n) is 2.78. The minimum absolute atomic E-state index is 0.951. The molecule has 0 atom stereocenters. The molecular weight excluding hydrogens is 198 g/mol. The first-order chi connectivity index (χ1) is 7.88. The summed E-state index contributed by atoms with van der Waals surface area (Å²) in [5, 5.41) is 3.48. The summed E-state index contributed by atoms with van der Waals surface area (Å²) < 4.78 is 2.24. The molecule has 1 aromatic heterocycles. The van der Waals surface area contributed by atoms with E-state index in [-0.39, 0.29) is 0 Å². The monoisotopic (exact) mass is 223 g/mol. The lowest BCUT2D eigenvalue weighted by Crippen LogP contribution is -2.17. The van der Waals surface area contributed by atoms with Crippen LogP contribution in [0.15, 0.2) is 12.5 Å². The maximum absolute atomic E-state index is 4.19. The highest BCUT2D eigenvalue weighted by Gasteiger charge is 1.99. The Kier molecular flexibility index (Phi) is 6.90. The first-order valence-corrected chi connectivity index (χ1v) is 6.58. The van der Waals surface area contributed by atoms with Crippen LogP contribution in [-0.2, 0) is 13.1 Å². The van der Waals surface area contributed by atoms with Gasteiger partial charge in [0, 0.05) is 19.3 Å². The number of imidazole rings is 1. The molecule has 92 valence electrons. The zero-order valence-electron chi connectivity index (χ0n) is 10.7. The van der Waals surface area contributed by atoms with Gasteiger partial charge in [-0.15, -0.1) is 0 Å². The molecule has 0 fully saturated rings. The van der Waals surface area contributed by atoms with Crippen LogP contribution in [0, 0.1) is 0 Å². The number of hydrogen-bond acceptors (Lipinski definition) is 2. The Labute approximate surface area is 99.3 Å². The standard InChI is InChI=1S/C13H25N3/c1-3-5-6-7-8-14-10-13-11-15-12-16(13)9-4-2/h11-12,14H,3-10H2,1-2H3. The lowest BCUT2D eigenvalue weighted by Gasteiger charge is -2.07. The molecule has 1 rings (SSSR count). The molecular formula is C13H25N3. The molecule has 1 aromatic rings. The summed E-state index contributed by atoms with van der Waals surface area (Å²) in [6.07, 6.45) is 10.4.